The Kier molecular flexibility index (Phi) is 9.72. The van der Waals surface area contributed by atoms with Crippen LogP contribution in [0.5, 0.6) is 0 Å². The molecule has 0 radical (unpaired) electrons. The van der Waals surface area contributed by atoms with Crippen LogP contribution in [0.25, 0.3) is 33.6 Å². The maximum Gasteiger partial charge on any atom is 0.169 e. The average Bonchev–Trinajstić information content (AvgIpc) is 2.94. The van der Waals surface area contributed by atoms with E-state index in [0.717, 1.165) is 35.6 Å². The van der Waals surface area contributed by atoms with Crippen LogP contribution in [0.15, 0.2) is 85.7 Å². The number of nitrogens with zero attached hydrogens (tertiary/aromatic N) is 4. The Bertz CT molecular complexity index is 1070. The van der Waals surface area contributed by atoms with Crippen molar-refractivity contribution in [2.45, 2.75) is 78.3 Å². The molecule has 0 spiro atoms. The van der Waals surface area contributed by atoms with E-state index in [9.17, 15) is 0 Å². The number of hydrogen-bond acceptors (Lipinski definition) is 2. The summed E-state index contributed by atoms with van der Waals surface area (Å²) in [7, 11) is 0. The minimum Gasteiger partial charge on any atom is -0.254 e. The van der Waals surface area contributed by atoms with Gasteiger partial charge in [-0.3, -0.25) is 9.97 Å². The van der Waals surface area contributed by atoms with E-state index in [0.29, 0.717) is 0 Å². The first-order valence-electron chi connectivity index (χ1n) is 13.7. The van der Waals surface area contributed by atoms with Crippen LogP contribution in [0.1, 0.15) is 65.2 Å². The molecule has 0 unspecified atom stereocenters. The highest BCUT2D eigenvalue weighted by Crippen LogP contribution is 2.23. The number of aromatic nitrogens is 4. The molecule has 4 aromatic rings. The Balaban J connectivity index is 1.35. The maximum atomic E-state index is 4.70. The van der Waals surface area contributed by atoms with Gasteiger partial charge in [-0.1, -0.05) is 51.7 Å². The zero-order chi connectivity index (χ0) is 25.0. The van der Waals surface area contributed by atoms with Gasteiger partial charge in [0.05, 0.1) is 11.4 Å². The molecular weight excluding hydrogens is 440 g/mol. The van der Waals surface area contributed by atoms with Gasteiger partial charge in [0, 0.05) is 60.6 Å². The molecular formula is C32H40N4+2. The van der Waals surface area contributed by atoms with Gasteiger partial charge in [-0.15, -0.1) is 0 Å². The summed E-state index contributed by atoms with van der Waals surface area (Å²) >= 11 is 0. The van der Waals surface area contributed by atoms with E-state index in [-0.39, 0.29) is 0 Å². The molecule has 0 aliphatic rings. The van der Waals surface area contributed by atoms with Gasteiger partial charge < -0.3 is 0 Å². The molecule has 0 bridgehead atoms. The zero-order valence-electron chi connectivity index (χ0n) is 21.9. The summed E-state index contributed by atoms with van der Waals surface area (Å²) in [6.07, 6.45) is 22.9. The van der Waals surface area contributed by atoms with Crippen LogP contribution >= 0.6 is 0 Å². The van der Waals surface area contributed by atoms with Gasteiger partial charge in [-0.25, -0.2) is 9.13 Å². The summed E-state index contributed by atoms with van der Waals surface area (Å²) in [5.74, 6) is 0. The molecule has 0 N–H and O–H groups in total. The van der Waals surface area contributed by atoms with Crippen LogP contribution in [0.4, 0.5) is 0 Å². The number of pyridine rings is 4. The largest absolute Gasteiger partial charge is 0.254 e. The highest BCUT2D eigenvalue weighted by Gasteiger charge is 2.08. The summed E-state index contributed by atoms with van der Waals surface area (Å²) in [6, 6.07) is 17.1. The summed E-state index contributed by atoms with van der Waals surface area (Å²) in [5.41, 5.74) is 6.42. The molecule has 4 nitrogen and oxygen atoms in total. The van der Waals surface area contributed by atoms with Gasteiger partial charge in [-0.05, 0) is 36.1 Å². The van der Waals surface area contributed by atoms with Gasteiger partial charge in [0.15, 0.2) is 24.8 Å². The second-order valence-corrected chi connectivity index (χ2v) is 9.63. The summed E-state index contributed by atoms with van der Waals surface area (Å²) in [5, 5.41) is 0. The van der Waals surface area contributed by atoms with Crippen molar-refractivity contribution >= 4 is 0 Å². The molecule has 0 aliphatic carbocycles. The lowest BCUT2D eigenvalue weighted by Gasteiger charge is -2.05. The van der Waals surface area contributed by atoms with E-state index < -0.39 is 0 Å². The van der Waals surface area contributed by atoms with E-state index in [1.165, 1.54) is 62.5 Å². The van der Waals surface area contributed by atoms with Gasteiger partial charge in [0.25, 0.3) is 0 Å². The summed E-state index contributed by atoms with van der Waals surface area (Å²) in [6.45, 7) is 6.67. The fourth-order valence-electron chi connectivity index (χ4n) is 4.47. The van der Waals surface area contributed by atoms with Gasteiger partial charge in [-0.2, -0.15) is 0 Å². The van der Waals surface area contributed by atoms with E-state index in [2.05, 4.69) is 96.3 Å². The molecule has 0 amide bonds. The normalized spacial score (nSPS) is 11.1. The van der Waals surface area contributed by atoms with Crippen molar-refractivity contribution in [3.63, 3.8) is 0 Å². The van der Waals surface area contributed by atoms with Crippen molar-refractivity contribution < 1.29 is 9.13 Å². The van der Waals surface area contributed by atoms with Crippen LogP contribution in [-0.2, 0) is 13.1 Å². The molecule has 4 rings (SSSR count). The third-order valence-electron chi connectivity index (χ3n) is 6.78. The van der Waals surface area contributed by atoms with E-state index >= 15 is 0 Å². The van der Waals surface area contributed by atoms with E-state index in [4.69, 9.17) is 9.97 Å². The van der Waals surface area contributed by atoms with Crippen LogP contribution < -0.4 is 9.13 Å². The topological polar surface area (TPSA) is 33.5 Å². The van der Waals surface area contributed by atoms with E-state index in [1.54, 1.807) is 0 Å². The number of hydrogen-bond donors (Lipinski definition) is 0. The summed E-state index contributed by atoms with van der Waals surface area (Å²) < 4.78 is 4.54. The van der Waals surface area contributed by atoms with Crippen LogP contribution in [0.2, 0.25) is 0 Å². The SMILES string of the molecule is CCCCCC[n+]1ccc(-c2ccc(-c3ccc(-c4cc[n+](CCCCCC)cc4)cn3)nc2)cc1. The molecule has 4 heteroatoms. The smallest absolute Gasteiger partial charge is 0.169 e. The Morgan fingerprint density at radius 3 is 1.22 bits per heavy atom. The van der Waals surface area contributed by atoms with E-state index in [1.807, 2.05) is 12.4 Å². The summed E-state index contributed by atoms with van der Waals surface area (Å²) in [4.78, 5) is 9.40. The van der Waals surface area contributed by atoms with Crippen LogP contribution in [0.3, 0.4) is 0 Å². The highest BCUT2D eigenvalue weighted by molar-refractivity contribution is 5.67. The quantitative estimate of drug-likeness (QED) is 0.150. The Morgan fingerprint density at radius 1 is 0.472 bits per heavy atom. The maximum absolute atomic E-state index is 4.70. The predicted molar refractivity (Wildman–Crippen MR) is 147 cm³/mol. The van der Waals surface area contributed by atoms with Crippen LogP contribution in [0, 0.1) is 0 Å². The third-order valence-corrected chi connectivity index (χ3v) is 6.78. The number of rotatable bonds is 13. The average molecular weight is 481 g/mol. The van der Waals surface area contributed by atoms with Crippen molar-refractivity contribution in [1.82, 2.24) is 9.97 Å². The van der Waals surface area contributed by atoms with Gasteiger partial charge >= 0.3 is 0 Å². The van der Waals surface area contributed by atoms with Gasteiger partial charge in [0.1, 0.15) is 13.1 Å². The first-order chi connectivity index (χ1) is 17.8. The first-order valence-corrected chi connectivity index (χ1v) is 13.7. The molecule has 0 aromatic carbocycles. The second-order valence-electron chi connectivity index (χ2n) is 9.63. The van der Waals surface area contributed by atoms with Crippen molar-refractivity contribution in [2.75, 3.05) is 0 Å². The third kappa shape index (κ3) is 7.30. The molecule has 0 aliphatic heterocycles. The van der Waals surface area contributed by atoms with Crippen molar-refractivity contribution in [2.24, 2.45) is 0 Å². The number of unbranched alkanes of at least 4 members (excludes halogenated alkanes) is 6. The lowest BCUT2D eigenvalue weighted by Crippen LogP contribution is -2.32. The molecule has 0 saturated heterocycles. The fourth-order valence-corrected chi connectivity index (χ4v) is 4.47. The Morgan fingerprint density at radius 2 is 0.889 bits per heavy atom. The van der Waals surface area contributed by atoms with Crippen molar-refractivity contribution in [3.8, 4) is 33.6 Å². The minimum atomic E-state index is 0.894. The lowest BCUT2D eigenvalue weighted by molar-refractivity contribution is -0.697. The lowest BCUT2D eigenvalue weighted by atomic mass is 10.1. The minimum absolute atomic E-state index is 0.894. The fraction of sp³-hybridized carbons (Fsp3) is 0.375. The monoisotopic (exact) mass is 480 g/mol. The van der Waals surface area contributed by atoms with Gasteiger partial charge in [0.2, 0.25) is 0 Å². The molecule has 0 saturated carbocycles. The molecule has 0 fully saturated rings. The zero-order valence-corrected chi connectivity index (χ0v) is 21.9. The Labute approximate surface area is 216 Å². The molecule has 0 atom stereocenters. The molecule has 4 aromatic heterocycles. The first kappa shape index (κ1) is 25.7. The molecule has 4 heterocycles. The van der Waals surface area contributed by atoms with Crippen molar-refractivity contribution in [1.29, 1.82) is 0 Å². The molecule has 186 valence electrons. The highest BCUT2D eigenvalue weighted by atomic mass is 14.9. The molecule has 36 heavy (non-hydrogen) atoms. The Hall–Kier alpha value is -3.40. The van der Waals surface area contributed by atoms with Crippen molar-refractivity contribution in [3.05, 3.63) is 85.7 Å². The van der Waals surface area contributed by atoms with Crippen LogP contribution in [-0.4, -0.2) is 9.97 Å². The standard InChI is InChI=1S/C32H40N4/c1-3-5-7-9-19-35-21-15-27(16-22-35)29-11-13-31(33-25-29)32-14-12-30(26-34-32)28-17-23-36(24-18-28)20-10-8-6-4-2/h11-18,21-26H,3-10,19-20H2,1-2H3/q+2. The second kappa shape index (κ2) is 13.6. The predicted octanol–water partition coefficient (Wildman–Crippen LogP) is 7.21. The number of aryl methyl sites for hydroxylation is 2.